The number of hydrogen-bond donors (Lipinski definition) is 1. The van der Waals surface area contributed by atoms with Gasteiger partial charge in [-0.1, -0.05) is 18.7 Å². The van der Waals surface area contributed by atoms with Gasteiger partial charge in [0.25, 0.3) is 0 Å². The molecule has 2 aromatic rings. The predicted molar refractivity (Wildman–Crippen MR) is 83.8 cm³/mol. The van der Waals surface area contributed by atoms with Gasteiger partial charge in [-0.15, -0.1) is 21.5 Å². The highest BCUT2D eigenvalue weighted by Gasteiger charge is 2.30. The fraction of sp³-hybridized carbons (Fsp3) is 0.538. The molecule has 1 amide bonds. The summed E-state index contributed by atoms with van der Waals surface area (Å²) < 4.78 is 2.17. The number of anilines is 1. The molecule has 112 valence electrons. The summed E-state index contributed by atoms with van der Waals surface area (Å²) in [5.74, 6) is 1.92. The molecule has 1 fully saturated rings. The van der Waals surface area contributed by atoms with Gasteiger partial charge >= 0.3 is 0 Å². The van der Waals surface area contributed by atoms with Crippen molar-refractivity contribution in [1.29, 1.82) is 0 Å². The number of nitrogens with zero attached hydrogens (tertiary/aromatic N) is 4. The number of rotatable bonds is 7. The average Bonchev–Trinajstić information content (AvgIpc) is 3.04. The van der Waals surface area contributed by atoms with Crippen LogP contribution in [0.1, 0.15) is 37.9 Å². The third-order valence-corrected chi connectivity index (χ3v) is 4.80. The van der Waals surface area contributed by atoms with Crippen LogP contribution in [0.15, 0.2) is 16.7 Å². The molecule has 3 rings (SSSR count). The number of aromatic nitrogens is 4. The number of amides is 1. The van der Waals surface area contributed by atoms with E-state index in [-0.39, 0.29) is 5.91 Å². The lowest BCUT2D eigenvalue weighted by molar-refractivity contribution is -0.113. The zero-order valence-electron chi connectivity index (χ0n) is 11.8. The molecule has 1 aliphatic rings. The van der Waals surface area contributed by atoms with Gasteiger partial charge in [0.05, 0.1) is 5.75 Å². The van der Waals surface area contributed by atoms with Crippen molar-refractivity contribution in [3.05, 3.63) is 17.4 Å². The summed E-state index contributed by atoms with van der Waals surface area (Å²) in [5.41, 5.74) is 0. The normalized spacial score (nSPS) is 14.3. The highest BCUT2D eigenvalue weighted by atomic mass is 32.2. The van der Waals surface area contributed by atoms with Gasteiger partial charge in [0, 0.05) is 24.0 Å². The van der Waals surface area contributed by atoms with Gasteiger partial charge in [-0.3, -0.25) is 4.79 Å². The minimum Gasteiger partial charge on any atom is -0.306 e. The van der Waals surface area contributed by atoms with Gasteiger partial charge < -0.3 is 9.88 Å². The maximum absolute atomic E-state index is 11.9. The molecule has 0 unspecified atom stereocenters. The quantitative estimate of drug-likeness (QED) is 0.793. The third kappa shape index (κ3) is 3.62. The molecule has 2 heterocycles. The molecule has 0 radical (unpaired) electrons. The Hall–Kier alpha value is -1.41. The van der Waals surface area contributed by atoms with Gasteiger partial charge in [-0.2, -0.15) is 0 Å². The summed E-state index contributed by atoms with van der Waals surface area (Å²) >= 11 is 2.85. The highest BCUT2D eigenvalue weighted by Crippen LogP contribution is 2.40. The number of thioether (sulfide) groups is 1. The van der Waals surface area contributed by atoms with Gasteiger partial charge in [0.15, 0.2) is 10.3 Å². The van der Waals surface area contributed by atoms with E-state index < -0.39 is 0 Å². The summed E-state index contributed by atoms with van der Waals surface area (Å²) in [6, 6.07) is 0. The van der Waals surface area contributed by atoms with E-state index in [2.05, 4.69) is 32.0 Å². The first-order valence-corrected chi connectivity index (χ1v) is 8.89. The largest absolute Gasteiger partial charge is 0.306 e. The molecule has 6 nitrogen and oxygen atoms in total. The van der Waals surface area contributed by atoms with E-state index in [4.69, 9.17) is 0 Å². The Bertz CT molecular complexity index is 606. The standard InChI is InChI=1S/C13H17N5OS2/c1-2-6-18-11(9-3-4-9)16-17-13(18)21-8-10(19)15-12-14-5-7-20-12/h5,7,9H,2-4,6,8H2,1H3,(H,14,15,19). The maximum atomic E-state index is 11.9. The maximum Gasteiger partial charge on any atom is 0.236 e. The molecule has 21 heavy (non-hydrogen) atoms. The van der Waals surface area contributed by atoms with E-state index in [1.165, 1.54) is 35.9 Å². The van der Waals surface area contributed by atoms with E-state index in [9.17, 15) is 4.79 Å². The van der Waals surface area contributed by atoms with Crippen LogP contribution in [0.5, 0.6) is 0 Å². The smallest absolute Gasteiger partial charge is 0.236 e. The van der Waals surface area contributed by atoms with E-state index in [1.807, 2.05) is 5.38 Å². The van der Waals surface area contributed by atoms with Crippen LogP contribution in [0.25, 0.3) is 0 Å². The Morgan fingerprint density at radius 3 is 3.05 bits per heavy atom. The molecule has 0 bridgehead atoms. The average molecular weight is 323 g/mol. The summed E-state index contributed by atoms with van der Waals surface area (Å²) in [6.45, 7) is 3.05. The lowest BCUT2D eigenvalue weighted by Crippen LogP contribution is -2.14. The second-order valence-electron chi connectivity index (χ2n) is 4.94. The Morgan fingerprint density at radius 2 is 2.38 bits per heavy atom. The first-order chi connectivity index (χ1) is 10.3. The summed E-state index contributed by atoms with van der Waals surface area (Å²) in [6.07, 6.45) is 5.12. The number of thiazole rings is 1. The molecule has 2 aromatic heterocycles. The van der Waals surface area contributed by atoms with Crippen molar-refractivity contribution in [2.75, 3.05) is 11.1 Å². The van der Waals surface area contributed by atoms with Crippen LogP contribution in [-0.2, 0) is 11.3 Å². The molecule has 0 aromatic carbocycles. The Balaban J connectivity index is 1.60. The monoisotopic (exact) mass is 323 g/mol. The predicted octanol–water partition coefficient (Wildman–Crippen LogP) is 2.75. The number of carbonyl (C=O) groups excluding carboxylic acids is 1. The van der Waals surface area contributed by atoms with Gasteiger partial charge in [-0.25, -0.2) is 4.98 Å². The van der Waals surface area contributed by atoms with Crippen LogP contribution in [0.3, 0.4) is 0 Å². The summed E-state index contributed by atoms with van der Waals surface area (Å²) in [7, 11) is 0. The zero-order chi connectivity index (χ0) is 14.7. The third-order valence-electron chi connectivity index (χ3n) is 3.15. The van der Waals surface area contributed by atoms with E-state index in [0.29, 0.717) is 16.8 Å². The molecule has 0 atom stereocenters. The lowest BCUT2D eigenvalue weighted by atomic mass is 10.4. The lowest BCUT2D eigenvalue weighted by Gasteiger charge is -2.07. The van der Waals surface area contributed by atoms with Crippen molar-refractivity contribution in [2.24, 2.45) is 0 Å². The van der Waals surface area contributed by atoms with Crippen molar-refractivity contribution in [3.8, 4) is 0 Å². The van der Waals surface area contributed by atoms with Crippen LogP contribution in [0.2, 0.25) is 0 Å². The minimum absolute atomic E-state index is 0.0611. The molecular weight excluding hydrogens is 306 g/mol. The number of carbonyl (C=O) groups is 1. The second-order valence-corrected chi connectivity index (χ2v) is 6.78. The Kier molecular flexibility index (Phi) is 4.54. The van der Waals surface area contributed by atoms with Crippen molar-refractivity contribution in [2.45, 2.75) is 43.8 Å². The van der Waals surface area contributed by atoms with E-state index in [0.717, 1.165) is 23.9 Å². The molecule has 0 saturated heterocycles. The van der Waals surface area contributed by atoms with Crippen LogP contribution >= 0.6 is 23.1 Å². The van der Waals surface area contributed by atoms with Crippen LogP contribution < -0.4 is 5.32 Å². The molecule has 0 spiro atoms. The van der Waals surface area contributed by atoms with Gasteiger partial charge in [-0.05, 0) is 19.3 Å². The first-order valence-electron chi connectivity index (χ1n) is 7.03. The SMILES string of the molecule is CCCn1c(SCC(=O)Nc2nccs2)nnc1C1CC1. The Labute approximate surface area is 131 Å². The number of hydrogen-bond acceptors (Lipinski definition) is 6. The molecule has 0 aliphatic heterocycles. The molecule has 1 saturated carbocycles. The summed E-state index contributed by atoms with van der Waals surface area (Å²) in [4.78, 5) is 15.9. The zero-order valence-corrected chi connectivity index (χ0v) is 13.4. The van der Waals surface area contributed by atoms with Crippen LogP contribution in [0, 0.1) is 0 Å². The van der Waals surface area contributed by atoms with E-state index in [1.54, 1.807) is 6.20 Å². The topological polar surface area (TPSA) is 72.7 Å². The van der Waals surface area contributed by atoms with Gasteiger partial charge in [0.1, 0.15) is 5.82 Å². The molecular formula is C13H17N5OS2. The fourth-order valence-corrected chi connectivity index (χ4v) is 3.37. The van der Waals surface area contributed by atoms with Crippen LogP contribution in [-0.4, -0.2) is 31.4 Å². The van der Waals surface area contributed by atoms with Crippen molar-refractivity contribution < 1.29 is 4.79 Å². The summed E-state index contributed by atoms with van der Waals surface area (Å²) in [5, 5.41) is 14.6. The van der Waals surface area contributed by atoms with Crippen LogP contribution in [0.4, 0.5) is 5.13 Å². The van der Waals surface area contributed by atoms with Crippen molar-refractivity contribution in [3.63, 3.8) is 0 Å². The molecule has 1 N–H and O–H groups in total. The van der Waals surface area contributed by atoms with Crippen molar-refractivity contribution in [1.82, 2.24) is 19.7 Å². The highest BCUT2D eigenvalue weighted by molar-refractivity contribution is 7.99. The number of nitrogens with one attached hydrogen (secondary N) is 1. The van der Waals surface area contributed by atoms with Crippen molar-refractivity contribution >= 4 is 34.1 Å². The minimum atomic E-state index is -0.0611. The fourth-order valence-electron chi connectivity index (χ4n) is 2.05. The van der Waals surface area contributed by atoms with Gasteiger partial charge in [0.2, 0.25) is 5.91 Å². The van der Waals surface area contributed by atoms with E-state index >= 15 is 0 Å². The Morgan fingerprint density at radius 1 is 1.52 bits per heavy atom. The second kappa shape index (κ2) is 6.57. The first kappa shape index (κ1) is 14.5. The molecule has 8 heteroatoms. The molecule has 1 aliphatic carbocycles.